The van der Waals surface area contributed by atoms with E-state index in [2.05, 4.69) is 15.3 Å². The molecular weight excluding hydrogens is 385 g/mol. The van der Waals surface area contributed by atoms with Gasteiger partial charge in [0, 0.05) is 31.7 Å². The number of rotatable bonds is 4. The third-order valence-corrected chi connectivity index (χ3v) is 6.07. The molecule has 1 aromatic carbocycles. The van der Waals surface area contributed by atoms with Crippen LogP contribution in [0, 0.1) is 5.82 Å². The molecule has 2 heterocycles. The van der Waals surface area contributed by atoms with E-state index in [0.717, 1.165) is 0 Å². The van der Waals surface area contributed by atoms with Crippen LogP contribution in [0.5, 0.6) is 0 Å². The number of urea groups is 1. The second-order valence-corrected chi connectivity index (χ2v) is 8.71. The molecule has 2 amide bonds. The van der Waals surface area contributed by atoms with Crippen molar-refractivity contribution < 1.29 is 17.6 Å². The standard InChI is InChI=1S/C18H22FN5O3S/c1-23(15-6-8-24(9-7-15)28(2,26)27)18(25)22-17-12-20-16(11-21-17)13-4-3-5-14(19)10-13/h3-5,10-12,15H,6-9H2,1-2H3,(H,21,22,25). The summed E-state index contributed by atoms with van der Waals surface area (Å²) in [6.07, 6.45) is 5.21. The fourth-order valence-corrected chi connectivity index (χ4v) is 3.99. The van der Waals surface area contributed by atoms with Crippen LogP contribution in [-0.2, 0) is 10.0 Å². The Hall–Kier alpha value is -2.59. The third-order valence-electron chi connectivity index (χ3n) is 4.77. The molecule has 8 nitrogen and oxygen atoms in total. The number of anilines is 1. The molecule has 0 unspecified atom stereocenters. The minimum atomic E-state index is -3.20. The SMILES string of the molecule is CN(C(=O)Nc1cnc(-c2cccc(F)c2)cn1)C1CCN(S(C)(=O)=O)CC1. The molecule has 1 N–H and O–H groups in total. The zero-order valence-electron chi connectivity index (χ0n) is 15.7. The summed E-state index contributed by atoms with van der Waals surface area (Å²) in [5.41, 5.74) is 1.10. The molecule has 0 radical (unpaired) electrons. The van der Waals surface area contributed by atoms with E-state index in [0.29, 0.717) is 37.2 Å². The van der Waals surface area contributed by atoms with E-state index < -0.39 is 10.0 Å². The van der Waals surface area contributed by atoms with Gasteiger partial charge in [-0.25, -0.2) is 26.9 Å². The smallest absolute Gasteiger partial charge is 0.323 e. The molecule has 0 bridgehead atoms. The molecule has 1 aliphatic rings. The number of hydrogen-bond donors (Lipinski definition) is 1. The van der Waals surface area contributed by atoms with Gasteiger partial charge in [0.2, 0.25) is 10.0 Å². The number of hydrogen-bond acceptors (Lipinski definition) is 5. The van der Waals surface area contributed by atoms with Gasteiger partial charge in [-0.3, -0.25) is 10.3 Å². The maximum atomic E-state index is 13.3. The summed E-state index contributed by atoms with van der Waals surface area (Å²) >= 11 is 0. The Morgan fingerprint density at radius 2 is 1.96 bits per heavy atom. The monoisotopic (exact) mass is 407 g/mol. The minimum Gasteiger partial charge on any atom is -0.324 e. The van der Waals surface area contributed by atoms with E-state index in [9.17, 15) is 17.6 Å². The molecule has 2 aromatic rings. The minimum absolute atomic E-state index is 0.0578. The molecule has 1 fully saturated rings. The lowest BCUT2D eigenvalue weighted by atomic mass is 10.1. The lowest BCUT2D eigenvalue weighted by Crippen LogP contribution is -2.48. The van der Waals surface area contributed by atoms with Crippen LogP contribution in [0.25, 0.3) is 11.3 Å². The summed E-state index contributed by atoms with van der Waals surface area (Å²) in [5.74, 6) is -0.0780. The van der Waals surface area contributed by atoms with Crippen LogP contribution < -0.4 is 5.32 Å². The van der Waals surface area contributed by atoms with E-state index in [1.807, 2.05) is 0 Å². The summed E-state index contributed by atoms with van der Waals surface area (Å²) in [7, 11) is -1.53. The Morgan fingerprint density at radius 3 is 2.54 bits per heavy atom. The number of carbonyl (C=O) groups is 1. The molecule has 10 heteroatoms. The molecular formula is C18H22FN5O3S. The number of benzene rings is 1. The number of nitrogens with one attached hydrogen (secondary N) is 1. The second-order valence-electron chi connectivity index (χ2n) is 6.73. The average Bonchev–Trinajstić information content (AvgIpc) is 2.67. The molecule has 1 saturated heterocycles. The zero-order chi connectivity index (χ0) is 20.3. The lowest BCUT2D eigenvalue weighted by molar-refractivity contribution is 0.174. The fourth-order valence-electron chi connectivity index (χ4n) is 3.11. The first kappa shape index (κ1) is 20.2. The molecule has 0 aliphatic carbocycles. The number of sulfonamides is 1. The summed E-state index contributed by atoms with van der Waals surface area (Å²) in [5, 5.41) is 2.68. The number of amides is 2. The van der Waals surface area contributed by atoms with Crippen molar-refractivity contribution in [2.24, 2.45) is 0 Å². The summed E-state index contributed by atoms with van der Waals surface area (Å²) < 4.78 is 37.9. The topological polar surface area (TPSA) is 95.5 Å². The molecule has 150 valence electrons. The Bertz CT molecular complexity index is 944. The van der Waals surface area contributed by atoms with E-state index >= 15 is 0 Å². The Balaban J connectivity index is 1.58. The first-order chi connectivity index (χ1) is 13.2. The van der Waals surface area contributed by atoms with Crippen molar-refractivity contribution in [1.29, 1.82) is 0 Å². The largest absolute Gasteiger partial charge is 0.324 e. The van der Waals surface area contributed by atoms with E-state index in [1.54, 1.807) is 24.1 Å². The van der Waals surface area contributed by atoms with Gasteiger partial charge in [-0.15, -0.1) is 0 Å². The normalized spacial score (nSPS) is 16.0. The predicted octanol–water partition coefficient (Wildman–Crippen LogP) is 2.17. The fraction of sp³-hybridized carbons (Fsp3) is 0.389. The van der Waals surface area contributed by atoms with Gasteiger partial charge in [0.15, 0.2) is 5.82 Å². The van der Waals surface area contributed by atoms with Crippen molar-refractivity contribution in [3.05, 3.63) is 42.5 Å². The van der Waals surface area contributed by atoms with Crippen molar-refractivity contribution in [3.8, 4) is 11.3 Å². The van der Waals surface area contributed by atoms with Crippen LogP contribution in [-0.4, -0.2) is 66.1 Å². The summed E-state index contributed by atoms with van der Waals surface area (Å²) in [4.78, 5) is 22.4. The van der Waals surface area contributed by atoms with Gasteiger partial charge >= 0.3 is 6.03 Å². The summed E-state index contributed by atoms with van der Waals surface area (Å²) in [6.45, 7) is 0.784. The Labute approximate surface area is 163 Å². The third kappa shape index (κ3) is 4.82. The number of halogens is 1. The van der Waals surface area contributed by atoms with E-state index in [4.69, 9.17) is 0 Å². The highest BCUT2D eigenvalue weighted by Crippen LogP contribution is 2.20. The van der Waals surface area contributed by atoms with Crippen molar-refractivity contribution in [1.82, 2.24) is 19.2 Å². The van der Waals surface area contributed by atoms with Gasteiger partial charge in [0.05, 0.1) is 24.3 Å². The van der Waals surface area contributed by atoms with Gasteiger partial charge in [0.25, 0.3) is 0 Å². The Kier molecular flexibility index (Phi) is 5.90. The van der Waals surface area contributed by atoms with Crippen LogP contribution in [0.2, 0.25) is 0 Å². The number of nitrogens with zero attached hydrogens (tertiary/aromatic N) is 4. The van der Waals surface area contributed by atoms with Crippen LogP contribution >= 0.6 is 0 Å². The van der Waals surface area contributed by atoms with Gasteiger partial charge < -0.3 is 4.90 Å². The highest BCUT2D eigenvalue weighted by atomic mass is 32.2. The average molecular weight is 407 g/mol. The Morgan fingerprint density at radius 1 is 1.25 bits per heavy atom. The molecule has 28 heavy (non-hydrogen) atoms. The van der Waals surface area contributed by atoms with Gasteiger partial charge in [0.1, 0.15) is 5.82 Å². The first-order valence-corrected chi connectivity index (χ1v) is 10.7. The van der Waals surface area contributed by atoms with Crippen molar-refractivity contribution in [2.45, 2.75) is 18.9 Å². The number of carbonyl (C=O) groups excluding carboxylic acids is 1. The molecule has 1 aromatic heterocycles. The van der Waals surface area contributed by atoms with Gasteiger partial charge in [-0.1, -0.05) is 12.1 Å². The highest BCUT2D eigenvalue weighted by Gasteiger charge is 2.29. The number of aromatic nitrogens is 2. The van der Waals surface area contributed by atoms with E-state index in [1.165, 1.54) is 35.1 Å². The molecule has 0 atom stereocenters. The molecule has 0 spiro atoms. The maximum absolute atomic E-state index is 13.3. The maximum Gasteiger partial charge on any atom is 0.323 e. The molecule has 3 rings (SSSR count). The zero-order valence-corrected chi connectivity index (χ0v) is 16.5. The van der Waals surface area contributed by atoms with Crippen LogP contribution in [0.15, 0.2) is 36.7 Å². The summed E-state index contributed by atoms with van der Waals surface area (Å²) in [6, 6.07) is 5.62. The predicted molar refractivity (Wildman–Crippen MR) is 104 cm³/mol. The van der Waals surface area contributed by atoms with Gasteiger partial charge in [-0.2, -0.15) is 0 Å². The van der Waals surface area contributed by atoms with E-state index in [-0.39, 0.29) is 23.7 Å². The van der Waals surface area contributed by atoms with Crippen molar-refractivity contribution in [2.75, 3.05) is 31.7 Å². The molecule has 1 aliphatic heterocycles. The van der Waals surface area contributed by atoms with Crippen LogP contribution in [0.3, 0.4) is 0 Å². The van der Waals surface area contributed by atoms with Crippen LogP contribution in [0.4, 0.5) is 15.0 Å². The van der Waals surface area contributed by atoms with Gasteiger partial charge in [-0.05, 0) is 25.0 Å². The van der Waals surface area contributed by atoms with Crippen LogP contribution in [0.1, 0.15) is 12.8 Å². The second kappa shape index (κ2) is 8.19. The first-order valence-electron chi connectivity index (χ1n) is 8.81. The molecule has 0 saturated carbocycles. The van der Waals surface area contributed by atoms with Crippen molar-refractivity contribution >= 4 is 21.9 Å². The quantitative estimate of drug-likeness (QED) is 0.838. The highest BCUT2D eigenvalue weighted by molar-refractivity contribution is 7.88. The number of piperidine rings is 1. The lowest BCUT2D eigenvalue weighted by Gasteiger charge is -2.35. The van der Waals surface area contributed by atoms with Crippen molar-refractivity contribution in [3.63, 3.8) is 0 Å².